The number of nitrogens with one attached hydrogen (secondary N) is 1. The average Bonchev–Trinajstić information content (AvgIpc) is 2.69. The lowest BCUT2D eigenvalue weighted by Gasteiger charge is -2.20. The Balaban J connectivity index is 2.21. The predicted molar refractivity (Wildman–Crippen MR) is 75.7 cm³/mol. The number of thiazole rings is 1. The van der Waals surface area contributed by atoms with Crippen molar-refractivity contribution in [3.8, 4) is 0 Å². The quantitative estimate of drug-likeness (QED) is 0.817. The SMILES string of the molecule is CC(CN(C)C)Nc1ccc2scnc2c1N. The van der Waals surface area contributed by atoms with Gasteiger partial charge in [0.1, 0.15) is 5.52 Å². The Labute approximate surface area is 105 Å². The zero-order chi connectivity index (χ0) is 12.4. The Hall–Kier alpha value is -1.33. The Morgan fingerprint density at radius 3 is 2.94 bits per heavy atom. The number of nitrogen functional groups attached to an aromatic ring is 1. The van der Waals surface area contributed by atoms with Crippen molar-refractivity contribution < 1.29 is 0 Å². The van der Waals surface area contributed by atoms with Gasteiger partial charge in [-0.3, -0.25) is 0 Å². The van der Waals surface area contributed by atoms with E-state index in [0.29, 0.717) is 6.04 Å². The second-order valence-corrected chi connectivity index (χ2v) is 5.42. The van der Waals surface area contributed by atoms with Crippen LogP contribution in [0.4, 0.5) is 11.4 Å². The van der Waals surface area contributed by atoms with Gasteiger partial charge >= 0.3 is 0 Å². The third kappa shape index (κ3) is 2.68. The van der Waals surface area contributed by atoms with Gasteiger partial charge in [-0.2, -0.15) is 0 Å². The number of likely N-dealkylation sites (N-methyl/N-ethyl adjacent to an activating group) is 1. The van der Waals surface area contributed by atoms with E-state index in [1.165, 1.54) is 0 Å². The molecule has 2 aromatic rings. The van der Waals surface area contributed by atoms with E-state index in [0.717, 1.165) is 28.1 Å². The fourth-order valence-corrected chi connectivity index (χ4v) is 2.63. The van der Waals surface area contributed by atoms with Crippen LogP contribution < -0.4 is 11.1 Å². The fraction of sp³-hybridized carbons (Fsp3) is 0.417. The van der Waals surface area contributed by atoms with E-state index in [9.17, 15) is 0 Å². The lowest BCUT2D eigenvalue weighted by Crippen LogP contribution is -2.29. The van der Waals surface area contributed by atoms with E-state index in [1.807, 2.05) is 11.6 Å². The smallest absolute Gasteiger partial charge is 0.106 e. The maximum atomic E-state index is 6.11. The molecule has 0 radical (unpaired) electrons. The van der Waals surface area contributed by atoms with Gasteiger partial charge < -0.3 is 16.0 Å². The average molecular weight is 250 g/mol. The molecule has 2 rings (SSSR count). The number of nitrogens with two attached hydrogens (primary N) is 1. The number of hydrogen-bond acceptors (Lipinski definition) is 5. The summed E-state index contributed by atoms with van der Waals surface area (Å²) in [5, 5.41) is 3.42. The van der Waals surface area contributed by atoms with Crippen LogP contribution in [0.25, 0.3) is 10.2 Å². The highest BCUT2D eigenvalue weighted by Crippen LogP contribution is 2.30. The zero-order valence-electron chi connectivity index (χ0n) is 10.4. The van der Waals surface area contributed by atoms with Crippen molar-refractivity contribution in [1.29, 1.82) is 0 Å². The van der Waals surface area contributed by atoms with E-state index in [4.69, 9.17) is 5.73 Å². The second-order valence-electron chi connectivity index (χ2n) is 4.53. The maximum absolute atomic E-state index is 6.11. The lowest BCUT2D eigenvalue weighted by atomic mass is 10.2. The normalized spacial score (nSPS) is 13.2. The molecule has 92 valence electrons. The summed E-state index contributed by atoms with van der Waals surface area (Å²) in [7, 11) is 4.12. The number of hydrogen-bond donors (Lipinski definition) is 2. The molecule has 5 heteroatoms. The van der Waals surface area contributed by atoms with Gasteiger partial charge in [0, 0.05) is 12.6 Å². The molecule has 0 aliphatic rings. The van der Waals surface area contributed by atoms with Gasteiger partial charge in [0.2, 0.25) is 0 Å². The van der Waals surface area contributed by atoms with Crippen LogP contribution in [0.1, 0.15) is 6.92 Å². The van der Waals surface area contributed by atoms with E-state index in [1.54, 1.807) is 11.3 Å². The minimum absolute atomic E-state index is 0.350. The van der Waals surface area contributed by atoms with Crippen molar-refractivity contribution in [2.45, 2.75) is 13.0 Å². The molecule has 0 spiro atoms. The number of anilines is 2. The third-order valence-corrected chi connectivity index (χ3v) is 3.38. The van der Waals surface area contributed by atoms with Gasteiger partial charge in [0.15, 0.2) is 0 Å². The molecule has 0 fully saturated rings. The standard InChI is InChI=1S/C12H18N4S/c1-8(6-16(2)3)15-9-4-5-10-12(11(9)13)14-7-17-10/h4-5,7-8,15H,6,13H2,1-3H3. The minimum atomic E-state index is 0.350. The Bertz CT molecular complexity index is 506. The summed E-state index contributed by atoms with van der Waals surface area (Å²) >= 11 is 1.61. The van der Waals surface area contributed by atoms with Crippen molar-refractivity contribution in [3.63, 3.8) is 0 Å². The van der Waals surface area contributed by atoms with Crippen LogP contribution >= 0.6 is 11.3 Å². The van der Waals surface area contributed by atoms with Crippen molar-refractivity contribution in [2.24, 2.45) is 0 Å². The van der Waals surface area contributed by atoms with Gasteiger partial charge in [-0.15, -0.1) is 11.3 Å². The molecule has 1 heterocycles. The van der Waals surface area contributed by atoms with Crippen LogP contribution in [-0.4, -0.2) is 36.6 Å². The summed E-state index contributed by atoms with van der Waals surface area (Å²) in [4.78, 5) is 6.44. The molecular formula is C12H18N4S. The number of benzene rings is 1. The first-order chi connectivity index (χ1) is 8.08. The van der Waals surface area contributed by atoms with Gasteiger partial charge in [-0.1, -0.05) is 0 Å². The zero-order valence-corrected chi connectivity index (χ0v) is 11.2. The molecule has 1 aromatic heterocycles. The molecule has 0 aliphatic carbocycles. The molecule has 0 amide bonds. The Morgan fingerprint density at radius 1 is 1.47 bits per heavy atom. The van der Waals surface area contributed by atoms with Crippen molar-refractivity contribution in [3.05, 3.63) is 17.6 Å². The lowest BCUT2D eigenvalue weighted by molar-refractivity contribution is 0.392. The summed E-state index contributed by atoms with van der Waals surface area (Å²) in [6.07, 6.45) is 0. The van der Waals surface area contributed by atoms with E-state index in [2.05, 4.69) is 42.3 Å². The topological polar surface area (TPSA) is 54.2 Å². The Morgan fingerprint density at radius 2 is 2.24 bits per heavy atom. The van der Waals surface area contributed by atoms with Crippen LogP contribution in [-0.2, 0) is 0 Å². The Kier molecular flexibility index (Phi) is 3.49. The van der Waals surface area contributed by atoms with Crippen LogP contribution in [0.3, 0.4) is 0 Å². The van der Waals surface area contributed by atoms with Crippen LogP contribution in [0.15, 0.2) is 17.6 Å². The minimum Gasteiger partial charge on any atom is -0.395 e. The molecule has 0 saturated carbocycles. The van der Waals surface area contributed by atoms with Crippen molar-refractivity contribution in [2.75, 3.05) is 31.7 Å². The molecular weight excluding hydrogens is 232 g/mol. The first-order valence-corrected chi connectivity index (χ1v) is 6.49. The maximum Gasteiger partial charge on any atom is 0.106 e. The summed E-state index contributed by atoms with van der Waals surface area (Å²) in [5.74, 6) is 0. The highest BCUT2D eigenvalue weighted by Gasteiger charge is 2.09. The largest absolute Gasteiger partial charge is 0.395 e. The monoisotopic (exact) mass is 250 g/mol. The molecule has 0 aliphatic heterocycles. The molecule has 4 nitrogen and oxygen atoms in total. The highest BCUT2D eigenvalue weighted by molar-refractivity contribution is 7.16. The van der Waals surface area contributed by atoms with Gasteiger partial charge in [-0.25, -0.2) is 4.98 Å². The number of aromatic nitrogens is 1. The van der Waals surface area contributed by atoms with Gasteiger partial charge in [0.25, 0.3) is 0 Å². The summed E-state index contributed by atoms with van der Waals surface area (Å²) in [6, 6.07) is 4.44. The molecule has 1 unspecified atom stereocenters. The van der Waals surface area contributed by atoms with Gasteiger partial charge in [0.05, 0.1) is 21.6 Å². The molecule has 3 N–H and O–H groups in total. The van der Waals surface area contributed by atoms with E-state index >= 15 is 0 Å². The van der Waals surface area contributed by atoms with Crippen molar-refractivity contribution in [1.82, 2.24) is 9.88 Å². The van der Waals surface area contributed by atoms with Crippen LogP contribution in [0, 0.1) is 0 Å². The molecule has 17 heavy (non-hydrogen) atoms. The molecule has 0 saturated heterocycles. The van der Waals surface area contributed by atoms with Crippen molar-refractivity contribution >= 4 is 32.9 Å². The fourth-order valence-electron chi connectivity index (χ4n) is 1.94. The first-order valence-electron chi connectivity index (χ1n) is 5.61. The highest BCUT2D eigenvalue weighted by atomic mass is 32.1. The number of nitrogens with zero attached hydrogens (tertiary/aromatic N) is 2. The number of rotatable bonds is 4. The van der Waals surface area contributed by atoms with E-state index < -0.39 is 0 Å². The summed E-state index contributed by atoms with van der Waals surface area (Å²) in [6.45, 7) is 3.11. The van der Waals surface area contributed by atoms with Crippen LogP contribution in [0.2, 0.25) is 0 Å². The second kappa shape index (κ2) is 4.89. The summed E-state index contributed by atoms with van der Waals surface area (Å²) in [5.41, 5.74) is 10.6. The molecule has 1 atom stereocenters. The molecule has 1 aromatic carbocycles. The first kappa shape index (κ1) is 12.1. The third-order valence-electron chi connectivity index (χ3n) is 2.58. The molecule has 0 bridgehead atoms. The predicted octanol–water partition coefficient (Wildman–Crippen LogP) is 2.24. The number of fused-ring (bicyclic) bond motifs is 1. The summed E-state index contributed by atoms with van der Waals surface area (Å²) < 4.78 is 1.13. The van der Waals surface area contributed by atoms with Crippen LogP contribution in [0.5, 0.6) is 0 Å². The van der Waals surface area contributed by atoms with E-state index in [-0.39, 0.29) is 0 Å². The van der Waals surface area contributed by atoms with Gasteiger partial charge in [-0.05, 0) is 33.2 Å².